The number of aromatic nitrogens is 1. The summed E-state index contributed by atoms with van der Waals surface area (Å²) in [7, 11) is 0. The molecule has 0 bridgehead atoms. The van der Waals surface area contributed by atoms with Crippen LogP contribution in [0.2, 0.25) is 0 Å². The number of para-hydroxylation sites is 1. The van der Waals surface area contributed by atoms with Crippen molar-refractivity contribution in [2.24, 2.45) is 27.9 Å². The highest BCUT2D eigenvalue weighted by atomic mass is 16.3. The van der Waals surface area contributed by atoms with Crippen molar-refractivity contribution in [3.05, 3.63) is 71.9 Å². The van der Waals surface area contributed by atoms with Crippen LogP contribution in [0, 0.1) is 0 Å². The van der Waals surface area contributed by atoms with Gasteiger partial charge in [0.2, 0.25) is 41.4 Å². The molecule has 0 saturated carbocycles. The fraction of sp³-hybridized carbons (Fsp3) is 0.476. The van der Waals surface area contributed by atoms with Crippen LogP contribution in [0.25, 0.3) is 10.9 Å². The molecule has 15 N–H and O–H groups in total. The number of H-pyrrole nitrogens is 1. The zero-order chi connectivity index (χ0) is 44.8. The monoisotopic (exact) mass is 858 g/mol. The Kier molecular flexibility index (Phi) is 16.8. The van der Waals surface area contributed by atoms with Gasteiger partial charge in [0.15, 0.2) is 5.96 Å². The third-order valence-electron chi connectivity index (χ3n) is 11.0. The van der Waals surface area contributed by atoms with Gasteiger partial charge in [-0.05, 0) is 55.7 Å². The first-order valence-electron chi connectivity index (χ1n) is 20.9. The van der Waals surface area contributed by atoms with Crippen molar-refractivity contribution in [2.45, 2.75) is 107 Å². The fourth-order valence-electron chi connectivity index (χ4n) is 7.65. The number of benzene rings is 2. The maximum absolute atomic E-state index is 14.4. The van der Waals surface area contributed by atoms with Gasteiger partial charge >= 0.3 is 0 Å². The average Bonchev–Trinajstić information content (AvgIpc) is 3.85. The van der Waals surface area contributed by atoms with Gasteiger partial charge in [0, 0.05) is 62.4 Å². The quantitative estimate of drug-likeness (QED) is 0.0623. The molecule has 334 valence electrons. The van der Waals surface area contributed by atoms with Crippen LogP contribution in [0.1, 0.15) is 62.5 Å². The van der Waals surface area contributed by atoms with Crippen LogP contribution < -0.4 is 49.5 Å². The maximum Gasteiger partial charge on any atom is 0.243 e. The van der Waals surface area contributed by atoms with Gasteiger partial charge in [-0.15, -0.1) is 0 Å². The predicted molar refractivity (Wildman–Crippen MR) is 229 cm³/mol. The van der Waals surface area contributed by atoms with Crippen LogP contribution in [0.3, 0.4) is 0 Å². The second-order valence-electron chi connectivity index (χ2n) is 15.7. The Morgan fingerprint density at radius 2 is 1.45 bits per heavy atom. The number of primary amides is 1. The molecule has 1 aromatic heterocycles. The number of nitrogens with one attached hydrogen (secondary N) is 6. The Morgan fingerprint density at radius 1 is 0.790 bits per heavy atom. The van der Waals surface area contributed by atoms with Crippen molar-refractivity contribution < 1.29 is 38.7 Å². The van der Waals surface area contributed by atoms with Gasteiger partial charge in [-0.3, -0.25) is 38.6 Å². The summed E-state index contributed by atoms with van der Waals surface area (Å²) in [4.78, 5) is 104. The number of carbonyl (C=O) groups is 7. The molecule has 2 aliphatic rings. The predicted octanol–water partition coefficient (Wildman–Crippen LogP) is -2.20. The number of fused-ring (bicyclic) bond motifs is 2. The zero-order valence-corrected chi connectivity index (χ0v) is 34.5. The molecular formula is C42H58N12O8. The molecule has 0 aliphatic carbocycles. The molecule has 7 atom stereocenters. The number of carbonyl (C=O) groups excluding carboxylic acids is 7. The van der Waals surface area contributed by atoms with Crippen molar-refractivity contribution in [2.75, 3.05) is 19.6 Å². The standard InChI is InChI=1S/C42H58N12O8/c43-28-15-16-35(56)47-17-7-6-13-30(36(44)57)50-39(60)33(20-25-22-49-29-12-5-4-11-27(25)29)52-37(58)31(14-8-18-48-42(45)46)51-38(59)32(19-24-9-2-1-3-10-24)53-40(61)34-21-26(55)23-54(34)41(28)62/h1-5,9-12,22,26,28,30-34,49,55H,6-8,13-21,23,43H2,(H2,44,57)(H,47,56)(H,50,60)(H,51,59)(H,52,58)(H,53,61)(H4,45,46,48)/t26?,28?,30?,31?,32-,33?,34+/m1/s1. The number of rotatable bonds is 9. The minimum atomic E-state index is -1.29. The maximum atomic E-state index is 14.4. The van der Waals surface area contributed by atoms with Gasteiger partial charge in [-0.2, -0.15) is 0 Å². The van der Waals surface area contributed by atoms with E-state index < -0.39 is 77.8 Å². The van der Waals surface area contributed by atoms with E-state index in [1.807, 2.05) is 24.3 Å². The molecule has 3 heterocycles. The molecule has 62 heavy (non-hydrogen) atoms. The molecular weight excluding hydrogens is 801 g/mol. The van der Waals surface area contributed by atoms with Gasteiger partial charge in [0.1, 0.15) is 30.2 Å². The summed E-state index contributed by atoms with van der Waals surface area (Å²) < 4.78 is 0. The molecule has 2 saturated heterocycles. The normalized spacial score (nSPS) is 25.3. The van der Waals surface area contributed by atoms with Gasteiger partial charge < -0.3 is 64.5 Å². The minimum absolute atomic E-state index is 0.00276. The molecule has 2 aromatic carbocycles. The zero-order valence-electron chi connectivity index (χ0n) is 34.5. The van der Waals surface area contributed by atoms with Crippen molar-refractivity contribution >= 4 is 58.2 Å². The summed E-state index contributed by atoms with van der Waals surface area (Å²) >= 11 is 0. The van der Waals surface area contributed by atoms with E-state index in [-0.39, 0.29) is 82.9 Å². The van der Waals surface area contributed by atoms with Crippen LogP contribution in [-0.4, -0.2) is 124 Å². The molecule has 3 aromatic rings. The lowest BCUT2D eigenvalue weighted by Gasteiger charge is -2.29. The average molecular weight is 859 g/mol. The van der Waals surface area contributed by atoms with E-state index in [0.717, 1.165) is 15.8 Å². The number of hydrogen-bond acceptors (Lipinski definition) is 10. The number of aliphatic hydroxyl groups excluding tert-OH is 1. The highest BCUT2D eigenvalue weighted by Crippen LogP contribution is 2.22. The van der Waals surface area contributed by atoms with Crippen molar-refractivity contribution in [3.63, 3.8) is 0 Å². The van der Waals surface area contributed by atoms with Crippen LogP contribution in [-0.2, 0) is 46.4 Å². The number of nitrogens with zero attached hydrogens (tertiary/aromatic N) is 2. The summed E-state index contributed by atoms with van der Waals surface area (Å²) in [5.74, 6) is -4.95. The van der Waals surface area contributed by atoms with Crippen LogP contribution in [0.4, 0.5) is 0 Å². The first-order valence-corrected chi connectivity index (χ1v) is 20.9. The Balaban J connectivity index is 1.49. The SMILES string of the molecule is NC(=O)C1CCCCNC(=O)CCC(N)C(=O)N2CC(O)C[C@H]2C(=O)N[C@H](Cc2ccccc2)C(=O)NC(CCCN=C(N)N)C(=O)NC(Cc2c[nH]c3ccccc23)C(=O)N1. The Labute approximate surface area is 358 Å². The first kappa shape index (κ1) is 46.5. The number of amides is 7. The van der Waals surface area contributed by atoms with Gasteiger partial charge in [-0.25, -0.2) is 0 Å². The van der Waals surface area contributed by atoms with E-state index in [4.69, 9.17) is 22.9 Å². The van der Waals surface area contributed by atoms with Crippen LogP contribution in [0.15, 0.2) is 65.8 Å². The number of nitrogens with two attached hydrogens (primary N) is 4. The van der Waals surface area contributed by atoms with E-state index in [9.17, 15) is 38.7 Å². The number of guanidine groups is 1. The molecule has 0 spiro atoms. The van der Waals surface area contributed by atoms with Crippen LogP contribution in [0.5, 0.6) is 0 Å². The molecule has 20 nitrogen and oxygen atoms in total. The second kappa shape index (κ2) is 22.3. The molecule has 5 rings (SSSR count). The summed E-state index contributed by atoms with van der Waals surface area (Å²) in [5, 5.41) is 25.1. The van der Waals surface area contributed by atoms with Gasteiger partial charge in [0.25, 0.3) is 0 Å². The highest BCUT2D eigenvalue weighted by molar-refractivity contribution is 5.97. The fourth-order valence-corrected chi connectivity index (χ4v) is 7.65. The molecule has 2 aliphatic heterocycles. The van der Waals surface area contributed by atoms with Gasteiger partial charge in [-0.1, -0.05) is 48.5 Å². The minimum Gasteiger partial charge on any atom is -0.391 e. The summed E-state index contributed by atoms with van der Waals surface area (Å²) in [5.41, 5.74) is 25.2. The third kappa shape index (κ3) is 13.2. The third-order valence-corrected chi connectivity index (χ3v) is 11.0. The number of hydrogen-bond donors (Lipinski definition) is 11. The molecule has 7 amide bonds. The van der Waals surface area contributed by atoms with E-state index in [0.29, 0.717) is 24.0 Å². The largest absolute Gasteiger partial charge is 0.391 e. The summed E-state index contributed by atoms with van der Waals surface area (Å²) in [6.07, 6.45) is 1.46. The molecule has 2 fully saturated rings. The Morgan fingerprint density at radius 3 is 2.19 bits per heavy atom. The van der Waals surface area contributed by atoms with Crippen molar-refractivity contribution in [1.29, 1.82) is 0 Å². The van der Waals surface area contributed by atoms with Gasteiger partial charge in [0.05, 0.1) is 12.1 Å². The topological polar surface area (TPSA) is 335 Å². The van der Waals surface area contributed by atoms with E-state index in [2.05, 4.69) is 36.6 Å². The summed E-state index contributed by atoms with van der Waals surface area (Å²) in [6, 6.07) is 8.84. The van der Waals surface area contributed by atoms with Crippen molar-refractivity contribution in [3.8, 4) is 0 Å². The van der Waals surface area contributed by atoms with E-state index >= 15 is 0 Å². The molecule has 0 radical (unpaired) electrons. The molecule has 5 unspecified atom stereocenters. The second-order valence-corrected chi connectivity index (χ2v) is 15.7. The smallest absolute Gasteiger partial charge is 0.243 e. The lowest BCUT2D eigenvalue weighted by Crippen LogP contribution is -2.60. The highest BCUT2D eigenvalue weighted by Gasteiger charge is 2.42. The lowest BCUT2D eigenvalue weighted by atomic mass is 10.0. The van der Waals surface area contributed by atoms with E-state index in [1.165, 1.54) is 0 Å². The number of aliphatic hydroxyl groups is 1. The number of aliphatic imine (C=N–C) groups is 1. The Bertz CT molecular complexity index is 2090. The lowest BCUT2D eigenvalue weighted by molar-refractivity contribution is -0.140. The first-order chi connectivity index (χ1) is 29.7. The summed E-state index contributed by atoms with van der Waals surface area (Å²) in [6.45, 7) is 0.136. The Hall–Kier alpha value is -6.54. The number of aromatic amines is 1. The van der Waals surface area contributed by atoms with Crippen LogP contribution >= 0.6 is 0 Å². The van der Waals surface area contributed by atoms with E-state index in [1.54, 1.807) is 36.5 Å². The van der Waals surface area contributed by atoms with Crippen molar-refractivity contribution in [1.82, 2.24) is 36.5 Å². The molecule has 20 heteroatoms.